The Morgan fingerprint density at radius 1 is 1.03 bits per heavy atom. The number of Topliss-reactive ketones (excluding diaryl/α,β-unsaturated/α-hetero) is 1. The summed E-state index contributed by atoms with van der Waals surface area (Å²) < 4.78 is 0.803. The normalized spacial score (nSPS) is 18.3. The lowest BCUT2D eigenvalue weighted by Gasteiger charge is -2.24. The number of aromatic nitrogens is 1. The summed E-state index contributed by atoms with van der Waals surface area (Å²) in [6, 6.07) is 18.9. The maximum absolute atomic E-state index is 13.0. The summed E-state index contributed by atoms with van der Waals surface area (Å²) >= 11 is 3.44. The number of hydrogen-bond donors (Lipinski definition) is 1. The smallest absolute Gasteiger partial charge is 0.301 e. The van der Waals surface area contributed by atoms with Crippen LogP contribution in [-0.2, 0) is 9.59 Å². The van der Waals surface area contributed by atoms with Gasteiger partial charge in [0, 0.05) is 16.2 Å². The minimum Gasteiger partial charge on any atom is -0.507 e. The molecule has 0 aliphatic carbocycles. The van der Waals surface area contributed by atoms with E-state index in [1.807, 2.05) is 43.3 Å². The Balaban J connectivity index is 1.95. The molecule has 3 aromatic rings. The van der Waals surface area contributed by atoms with Gasteiger partial charge in [0.25, 0.3) is 5.78 Å². The summed E-state index contributed by atoms with van der Waals surface area (Å²) in [5.74, 6) is -1.31. The third kappa shape index (κ3) is 3.47. The van der Waals surface area contributed by atoms with Gasteiger partial charge < -0.3 is 5.11 Å². The summed E-state index contributed by atoms with van der Waals surface area (Å²) in [6.45, 7) is 1.94. The van der Waals surface area contributed by atoms with Crippen LogP contribution in [0.1, 0.15) is 22.7 Å². The minimum absolute atomic E-state index is 0.0441. The Kier molecular flexibility index (Phi) is 5.03. The number of anilines is 1. The zero-order valence-corrected chi connectivity index (χ0v) is 17.1. The lowest BCUT2D eigenvalue weighted by Crippen LogP contribution is -2.30. The average molecular weight is 449 g/mol. The molecule has 144 valence electrons. The third-order valence-corrected chi connectivity index (χ3v) is 5.32. The van der Waals surface area contributed by atoms with Crippen molar-refractivity contribution in [3.8, 4) is 0 Å². The first-order chi connectivity index (χ1) is 14.0. The molecule has 0 saturated carbocycles. The van der Waals surface area contributed by atoms with Crippen LogP contribution in [0, 0.1) is 6.92 Å². The fourth-order valence-corrected chi connectivity index (χ4v) is 3.84. The number of carbonyl (C=O) groups excluding carboxylic acids is 2. The zero-order chi connectivity index (χ0) is 20.5. The van der Waals surface area contributed by atoms with Crippen molar-refractivity contribution in [1.82, 2.24) is 4.98 Å². The van der Waals surface area contributed by atoms with E-state index in [-0.39, 0.29) is 11.3 Å². The number of carbonyl (C=O) groups is 2. The SMILES string of the molecule is Cc1ccc(C(O)=C2C(=O)C(=O)N(c3ccccn3)[C@@H]2c2cccc(Br)c2)cc1. The number of rotatable bonds is 3. The molecule has 2 aromatic carbocycles. The largest absolute Gasteiger partial charge is 0.507 e. The van der Waals surface area contributed by atoms with Crippen LogP contribution >= 0.6 is 15.9 Å². The third-order valence-electron chi connectivity index (χ3n) is 4.83. The van der Waals surface area contributed by atoms with Crippen LogP contribution < -0.4 is 4.90 Å². The number of aryl methyl sites for hydroxylation is 1. The van der Waals surface area contributed by atoms with Gasteiger partial charge in [0.15, 0.2) is 0 Å². The molecule has 1 saturated heterocycles. The molecule has 1 aliphatic rings. The molecular weight excluding hydrogens is 432 g/mol. The molecule has 1 aromatic heterocycles. The number of halogens is 1. The summed E-state index contributed by atoms with van der Waals surface area (Å²) in [7, 11) is 0. The van der Waals surface area contributed by atoms with Crippen molar-refractivity contribution in [2.24, 2.45) is 0 Å². The maximum Gasteiger partial charge on any atom is 0.301 e. The van der Waals surface area contributed by atoms with Gasteiger partial charge in [-0.25, -0.2) is 4.98 Å². The Morgan fingerprint density at radius 3 is 2.45 bits per heavy atom. The van der Waals surface area contributed by atoms with Gasteiger partial charge in [-0.3, -0.25) is 14.5 Å². The average Bonchev–Trinajstić information content (AvgIpc) is 2.99. The quantitative estimate of drug-likeness (QED) is 0.355. The lowest BCUT2D eigenvalue weighted by atomic mass is 9.95. The molecule has 1 aliphatic heterocycles. The van der Waals surface area contributed by atoms with Crippen LogP contribution in [0.4, 0.5) is 5.82 Å². The molecular formula is C23H17BrN2O3. The molecule has 1 amide bonds. The van der Waals surface area contributed by atoms with E-state index < -0.39 is 17.7 Å². The Labute approximate surface area is 176 Å². The molecule has 0 radical (unpaired) electrons. The highest BCUT2D eigenvalue weighted by molar-refractivity contribution is 9.10. The van der Waals surface area contributed by atoms with Crippen molar-refractivity contribution in [3.05, 3.63) is 99.7 Å². The minimum atomic E-state index is -0.788. The van der Waals surface area contributed by atoms with Crippen LogP contribution in [0.15, 0.2) is 83.0 Å². The molecule has 6 heteroatoms. The molecule has 29 heavy (non-hydrogen) atoms. The van der Waals surface area contributed by atoms with E-state index in [2.05, 4.69) is 20.9 Å². The van der Waals surface area contributed by atoms with Crippen molar-refractivity contribution in [3.63, 3.8) is 0 Å². The van der Waals surface area contributed by atoms with E-state index in [4.69, 9.17) is 0 Å². The molecule has 1 N–H and O–H groups in total. The predicted molar refractivity (Wildman–Crippen MR) is 114 cm³/mol. The number of aliphatic hydroxyl groups is 1. The molecule has 0 unspecified atom stereocenters. The van der Waals surface area contributed by atoms with Gasteiger partial charge in [0.05, 0.1) is 11.6 Å². The van der Waals surface area contributed by atoms with Crippen LogP contribution in [0.25, 0.3) is 5.76 Å². The Hall–Kier alpha value is -3.25. The molecule has 0 spiro atoms. The summed E-state index contributed by atoms with van der Waals surface area (Å²) in [5, 5.41) is 11.0. The fraction of sp³-hybridized carbons (Fsp3) is 0.0870. The second-order valence-corrected chi connectivity index (χ2v) is 7.69. The van der Waals surface area contributed by atoms with Crippen LogP contribution in [0.3, 0.4) is 0 Å². The molecule has 4 rings (SSSR count). The first-order valence-corrected chi connectivity index (χ1v) is 9.81. The van der Waals surface area contributed by atoms with Gasteiger partial charge in [0.1, 0.15) is 11.6 Å². The van der Waals surface area contributed by atoms with Crippen LogP contribution in [-0.4, -0.2) is 21.8 Å². The summed E-state index contributed by atoms with van der Waals surface area (Å²) in [5.41, 5.74) is 2.24. The van der Waals surface area contributed by atoms with Gasteiger partial charge >= 0.3 is 5.91 Å². The number of amides is 1. The fourth-order valence-electron chi connectivity index (χ4n) is 3.42. The van der Waals surface area contributed by atoms with Crippen LogP contribution in [0.2, 0.25) is 0 Å². The number of aliphatic hydroxyl groups excluding tert-OH is 1. The van der Waals surface area contributed by atoms with Gasteiger partial charge in [-0.15, -0.1) is 0 Å². The monoisotopic (exact) mass is 448 g/mol. The second-order valence-electron chi connectivity index (χ2n) is 6.78. The van der Waals surface area contributed by atoms with Crippen molar-refractivity contribution in [1.29, 1.82) is 0 Å². The first-order valence-electron chi connectivity index (χ1n) is 9.02. The summed E-state index contributed by atoms with van der Waals surface area (Å²) in [6.07, 6.45) is 1.56. The lowest BCUT2D eigenvalue weighted by molar-refractivity contribution is -0.132. The van der Waals surface area contributed by atoms with Gasteiger partial charge in [0.2, 0.25) is 0 Å². The number of nitrogens with zero attached hydrogens (tertiary/aromatic N) is 2. The van der Waals surface area contributed by atoms with E-state index in [1.54, 1.807) is 36.5 Å². The zero-order valence-electron chi connectivity index (χ0n) is 15.5. The molecule has 5 nitrogen and oxygen atoms in total. The highest BCUT2D eigenvalue weighted by atomic mass is 79.9. The van der Waals surface area contributed by atoms with Crippen LogP contribution in [0.5, 0.6) is 0 Å². The van der Waals surface area contributed by atoms with E-state index in [1.165, 1.54) is 4.90 Å². The topological polar surface area (TPSA) is 70.5 Å². The van der Waals surface area contributed by atoms with Crippen molar-refractivity contribution < 1.29 is 14.7 Å². The Morgan fingerprint density at radius 2 is 1.79 bits per heavy atom. The van der Waals surface area contributed by atoms with E-state index in [0.29, 0.717) is 16.9 Å². The summed E-state index contributed by atoms with van der Waals surface area (Å²) in [4.78, 5) is 31.5. The van der Waals surface area contributed by atoms with Gasteiger partial charge in [-0.1, -0.05) is 64.0 Å². The number of ketones is 1. The maximum atomic E-state index is 13.0. The van der Waals surface area contributed by atoms with E-state index >= 15 is 0 Å². The van der Waals surface area contributed by atoms with E-state index in [9.17, 15) is 14.7 Å². The second kappa shape index (κ2) is 7.64. The highest BCUT2D eigenvalue weighted by Gasteiger charge is 2.47. The van der Waals surface area contributed by atoms with E-state index in [0.717, 1.165) is 10.0 Å². The van der Waals surface area contributed by atoms with Crippen molar-refractivity contribution in [2.45, 2.75) is 13.0 Å². The van der Waals surface area contributed by atoms with Gasteiger partial charge in [-0.2, -0.15) is 0 Å². The molecule has 0 bridgehead atoms. The van der Waals surface area contributed by atoms with Gasteiger partial charge in [-0.05, 0) is 36.8 Å². The standard InChI is InChI=1S/C23H17BrN2O3/c1-14-8-10-15(11-9-14)21(27)19-20(16-5-4-6-17(24)13-16)26(23(29)22(19)28)18-7-2-3-12-25-18/h2-13,20,27H,1H3/t20-/m1/s1. The number of pyridine rings is 1. The van der Waals surface area contributed by atoms with Crippen molar-refractivity contribution >= 4 is 39.2 Å². The number of hydrogen-bond acceptors (Lipinski definition) is 4. The Bertz CT molecular complexity index is 1120. The predicted octanol–water partition coefficient (Wildman–Crippen LogP) is 4.78. The molecule has 1 fully saturated rings. The first kappa shape index (κ1) is 19.1. The van der Waals surface area contributed by atoms with Crippen molar-refractivity contribution in [2.75, 3.05) is 4.90 Å². The highest BCUT2D eigenvalue weighted by Crippen LogP contribution is 2.41. The molecule has 2 heterocycles. The number of benzene rings is 2. The molecule has 1 atom stereocenters.